The average Bonchev–Trinajstić information content (AvgIpc) is 2.45. The number of nitrogens with zero attached hydrogens (tertiary/aromatic N) is 1. The maximum Gasteiger partial charge on any atom is 0.416 e. The molecule has 124 valence electrons. The van der Waals surface area contributed by atoms with Crippen LogP contribution in [0.25, 0.3) is 0 Å². The number of likely N-dealkylation sites (tertiary alicyclic amines) is 1. The van der Waals surface area contributed by atoms with E-state index in [2.05, 4.69) is 11.8 Å². The summed E-state index contributed by atoms with van der Waals surface area (Å²) in [6.45, 7) is 7.01. The van der Waals surface area contributed by atoms with Crippen LogP contribution in [0.15, 0.2) is 24.3 Å². The second-order valence-electron chi connectivity index (χ2n) is 6.55. The van der Waals surface area contributed by atoms with Crippen molar-refractivity contribution in [2.24, 2.45) is 11.8 Å². The predicted molar refractivity (Wildman–Crippen MR) is 80.4 cm³/mol. The molecular weight excluding hydrogens is 291 g/mol. The molecule has 1 saturated heterocycles. The third-order valence-corrected chi connectivity index (χ3v) is 4.41. The summed E-state index contributed by atoms with van der Waals surface area (Å²) in [5.41, 5.74) is -0.133. The first kappa shape index (κ1) is 17.3. The fourth-order valence-electron chi connectivity index (χ4n) is 3.16. The molecule has 1 aliphatic rings. The van der Waals surface area contributed by atoms with Gasteiger partial charge >= 0.3 is 6.18 Å². The number of hydrogen-bond acceptors (Lipinski definition) is 2. The number of alkyl halides is 3. The highest BCUT2D eigenvalue weighted by molar-refractivity contribution is 5.26. The number of rotatable bonds is 4. The maximum atomic E-state index is 12.6. The Labute approximate surface area is 129 Å². The molecule has 0 aliphatic carbocycles. The van der Waals surface area contributed by atoms with Gasteiger partial charge in [-0.25, -0.2) is 0 Å². The molecular formula is C17H24F3NO. The molecule has 0 radical (unpaired) electrons. The van der Waals surface area contributed by atoms with Crippen LogP contribution in [0.4, 0.5) is 13.2 Å². The molecule has 1 fully saturated rings. The topological polar surface area (TPSA) is 23.5 Å². The number of hydrogen-bond donors (Lipinski definition) is 1. The predicted octanol–water partition coefficient (Wildman–Crippen LogP) is 4.11. The van der Waals surface area contributed by atoms with E-state index < -0.39 is 17.8 Å². The summed E-state index contributed by atoms with van der Waals surface area (Å²) >= 11 is 0. The third kappa shape index (κ3) is 4.46. The Hall–Kier alpha value is -1.07. The lowest BCUT2D eigenvalue weighted by atomic mass is 9.94. The van der Waals surface area contributed by atoms with Gasteiger partial charge in [-0.05, 0) is 48.9 Å². The lowest BCUT2D eigenvalue weighted by molar-refractivity contribution is -0.137. The summed E-state index contributed by atoms with van der Waals surface area (Å²) in [5, 5.41) is 10.4. The number of halogens is 3. The molecule has 22 heavy (non-hydrogen) atoms. The molecule has 1 N–H and O–H groups in total. The number of aliphatic hydroxyl groups excluding tert-OH is 1. The Balaban J connectivity index is 1.96. The number of piperidine rings is 1. The first-order valence-electron chi connectivity index (χ1n) is 7.85. The highest BCUT2D eigenvalue weighted by Gasteiger charge is 2.30. The third-order valence-electron chi connectivity index (χ3n) is 4.41. The highest BCUT2D eigenvalue weighted by Crippen LogP contribution is 2.31. The van der Waals surface area contributed by atoms with Gasteiger partial charge in [0.2, 0.25) is 0 Å². The molecule has 1 aromatic rings. The van der Waals surface area contributed by atoms with Crippen LogP contribution in [0.2, 0.25) is 0 Å². The van der Waals surface area contributed by atoms with Crippen LogP contribution in [0.5, 0.6) is 0 Å². The molecule has 1 heterocycles. The van der Waals surface area contributed by atoms with Crippen LogP contribution in [-0.4, -0.2) is 29.6 Å². The van der Waals surface area contributed by atoms with Gasteiger partial charge in [-0.2, -0.15) is 13.2 Å². The Morgan fingerprint density at radius 2 is 1.91 bits per heavy atom. The van der Waals surface area contributed by atoms with Crippen molar-refractivity contribution in [1.29, 1.82) is 0 Å². The van der Waals surface area contributed by atoms with Gasteiger partial charge in [-0.15, -0.1) is 0 Å². The van der Waals surface area contributed by atoms with E-state index in [1.807, 2.05) is 6.92 Å². The van der Waals surface area contributed by atoms with Gasteiger partial charge in [0.15, 0.2) is 0 Å². The zero-order valence-electron chi connectivity index (χ0n) is 13.1. The second-order valence-corrected chi connectivity index (χ2v) is 6.55. The van der Waals surface area contributed by atoms with E-state index in [9.17, 15) is 18.3 Å². The van der Waals surface area contributed by atoms with Gasteiger partial charge in [0, 0.05) is 13.1 Å². The summed E-state index contributed by atoms with van der Waals surface area (Å²) in [7, 11) is 0. The van der Waals surface area contributed by atoms with Crippen molar-refractivity contribution in [2.45, 2.75) is 39.0 Å². The minimum Gasteiger partial charge on any atom is -0.388 e. The SMILES string of the molecule is CC1CCCN(CC(C)C(O)c2ccc(C(F)(F)F)cc2)C1. The van der Waals surface area contributed by atoms with Crippen molar-refractivity contribution >= 4 is 0 Å². The summed E-state index contributed by atoms with van der Waals surface area (Å²) in [6.07, 6.45) is -2.66. The van der Waals surface area contributed by atoms with E-state index >= 15 is 0 Å². The largest absolute Gasteiger partial charge is 0.416 e. The van der Waals surface area contributed by atoms with E-state index in [0.29, 0.717) is 11.5 Å². The van der Waals surface area contributed by atoms with Gasteiger partial charge in [-0.3, -0.25) is 0 Å². The maximum absolute atomic E-state index is 12.6. The van der Waals surface area contributed by atoms with Crippen molar-refractivity contribution in [3.63, 3.8) is 0 Å². The quantitative estimate of drug-likeness (QED) is 0.904. The molecule has 3 unspecified atom stereocenters. The van der Waals surface area contributed by atoms with Gasteiger partial charge in [0.1, 0.15) is 0 Å². The molecule has 1 aliphatic heterocycles. The smallest absolute Gasteiger partial charge is 0.388 e. The number of aliphatic hydroxyl groups is 1. The van der Waals surface area contributed by atoms with Crippen molar-refractivity contribution in [3.05, 3.63) is 35.4 Å². The Morgan fingerprint density at radius 3 is 2.45 bits per heavy atom. The first-order valence-corrected chi connectivity index (χ1v) is 7.85. The molecule has 0 saturated carbocycles. The molecule has 5 heteroatoms. The van der Waals surface area contributed by atoms with Crippen LogP contribution in [0.1, 0.15) is 43.9 Å². The summed E-state index contributed by atoms with van der Waals surface area (Å²) < 4.78 is 37.7. The van der Waals surface area contributed by atoms with Gasteiger partial charge < -0.3 is 10.0 Å². The summed E-state index contributed by atoms with van der Waals surface area (Å²) in [4.78, 5) is 2.34. The molecule has 0 bridgehead atoms. The Bertz CT molecular complexity index is 472. The van der Waals surface area contributed by atoms with Crippen LogP contribution in [-0.2, 0) is 6.18 Å². The fourth-order valence-corrected chi connectivity index (χ4v) is 3.16. The van der Waals surface area contributed by atoms with Crippen LogP contribution < -0.4 is 0 Å². The van der Waals surface area contributed by atoms with Gasteiger partial charge in [0.05, 0.1) is 11.7 Å². The van der Waals surface area contributed by atoms with Crippen molar-refractivity contribution in [2.75, 3.05) is 19.6 Å². The van der Waals surface area contributed by atoms with Crippen LogP contribution in [0.3, 0.4) is 0 Å². The van der Waals surface area contributed by atoms with Crippen LogP contribution >= 0.6 is 0 Å². The van der Waals surface area contributed by atoms with E-state index in [1.165, 1.54) is 25.0 Å². The van der Waals surface area contributed by atoms with Gasteiger partial charge in [-0.1, -0.05) is 26.0 Å². The van der Waals surface area contributed by atoms with E-state index in [0.717, 1.165) is 31.8 Å². The normalized spacial score (nSPS) is 23.3. The van der Waals surface area contributed by atoms with Crippen LogP contribution in [0, 0.1) is 11.8 Å². The minimum atomic E-state index is -4.33. The number of benzene rings is 1. The summed E-state index contributed by atoms with van der Waals surface area (Å²) in [6, 6.07) is 4.83. The second kappa shape index (κ2) is 7.01. The zero-order valence-corrected chi connectivity index (χ0v) is 13.1. The standard InChI is InChI=1S/C17H24F3NO/c1-12-4-3-9-21(10-12)11-13(2)16(22)14-5-7-15(8-6-14)17(18,19)20/h5-8,12-13,16,22H,3-4,9-11H2,1-2H3. The fraction of sp³-hybridized carbons (Fsp3) is 0.647. The lowest BCUT2D eigenvalue weighted by Gasteiger charge is -2.34. The molecule has 2 nitrogen and oxygen atoms in total. The molecule has 1 aromatic carbocycles. The van der Waals surface area contributed by atoms with E-state index in [-0.39, 0.29) is 5.92 Å². The highest BCUT2D eigenvalue weighted by atomic mass is 19.4. The Kier molecular flexibility index (Phi) is 5.50. The molecule has 0 aromatic heterocycles. The summed E-state index contributed by atoms with van der Waals surface area (Å²) in [5.74, 6) is 0.659. The average molecular weight is 315 g/mol. The van der Waals surface area contributed by atoms with Crippen molar-refractivity contribution in [1.82, 2.24) is 4.90 Å². The van der Waals surface area contributed by atoms with Gasteiger partial charge in [0.25, 0.3) is 0 Å². The molecule has 0 amide bonds. The Morgan fingerprint density at radius 1 is 1.27 bits per heavy atom. The first-order chi connectivity index (χ1) is 10.3. The molecule has 3 atom stereocenters. The van der Waals surface area contributed by atoms with Crippen molar-refractivity contribution in [3.8, 4) is 0 Å². The van der Waals surface area contributed by atoms with E-state index in [4.69, 9.17) is 0 Å². The molecule has 2 rings (SSSR count). The monoisotopic (exact) mass is 315 g/mol. The zero-order chi connectivity index (χ0) is 16.3. The van der Waals surface area contributed by atoms with E-state index in [1.54, 1.807) is 0 Å². The molecule has 0 spiro atoms. The lowest BCUT2D eigenvalue weighted by Crippen LogP contribution is -2.38. The van der Waals surface area contributed by atoms with Crippen molar-refractivity contribution < 1.29 is 18.3 Å². The minimum absolute atomic E-state index is 0.0120.